The van der Waals surface area contributed by atoms with Gasteiger partial charge in [-0.05, 0) is 49.9 Å². The number of hydrogen-bond acceptors (Lipinski definition) is 2. The molecule has 1 aromatic rings. The first-order valence-electron chi connectivity index (χ1n) is 7.86. The Morgan fingerprint density at radius 2 is 1.85 bits per heavy atom. The number of nitrogens with zero attached hydrogens (tertiary/aromatic N) is 1. The number of aryl methyl sites for hydroxylation is 1. The molecule has 20 heavy (non-hydrogen) atoms. The van der Waals surface area contributed by atoms with Crippen LogP contribution in [0.15, 0.2) is 24.3 Å². The average Bonchev–Trinajstić information content (AvgIpc) is 2.53. The Labute approximate surface area is 122 Å². The smallest absolute Gasteiger partial charge is 0.253 e. The second-order valence-electron chi connectivity index (χ2n) is 5.57. The van der Waals surface area contributed by atoms with Crippen LogP contribution in [0.1, 0.15) is 49.0 Å². The molecule has 1 fully saturated rings. The summed E-state index contributed by atoms with van der Waals surface area (Å²) in [4.78, 5) is 14.4. The molecular weight excluding hydrogens is 248 g/mol. The first-order chi connectivity index (χ1) is 9.74. The number of carbonyl (C=O) groups excluding carboxylic acids is 1. The van der Waals surface area contributed by atoms with Crippen LogP contribution in [0.3, 0.4) is 0 Å². The van der Waals surface area contributed by atoms with Crippen LogP contribution >= 0.6 is 0 Å². The highest BCUT2D eigenvalue weighted by Crippen LogP contribution is 2.15. The number of nitrogens with one attached hydrogen (secondary N) is 1. The van der Waals surface area contributed by atoms with Crippen molar-refractivity contribution in [2.24, 2.45) is 0 Å². The minimum Gasteiger partial charge on any atom is -0.339 e. The third-order valence-electron chi connectivity index (χ3n) is 4.07. The second-order valence-corrected chi connectivity index (χ2v) is 5.57. The van der Waals surface area contributed by atoms with Gasteiger partial charge in [-0.15, -0.1) is 0 Å². The minimum atomic E-state index is 0.182. The summed E-state index contributed by atoms with van der Waals surface area (Å²) in [5.41, 5.74) is 2.10. The lowest BCUT2D eigenvalue weighted by atomic mass is 10.0. The third-order valence-corrected chi connectivity index (χ3v) is 4.07. The first kappa shape index (κ1) is 15.0. The van der Waals surface area contributed by atoms with Crippen molar-refractivity contribution < 1.29 is 4.79 Å². The summed E-state index contributed by atoms with van der Waals surface area (Å²) in [6, 6.07) is 8.62. The average molecular weight is 274 g/mol. The van der Waals surface area contributed by atoms with Crippen LogP contribution in [0.4, 0.5) is 0 Å². The van der Waals surface area contributed by atoms with E-state index in [9.17, 15) is 4.79 Å². The molecule has 0 radical (unpaired) electrons. The molecule has 1 aromatic carbocycles. The van der Waals surface area contributed by atoms with Gasteiger partial charge in [0.15, 0.2) is 0 Å². The van der Waals surface area contributed by atoms with Crippen molar-refractivity contribution >= 4 is 5.91 Å². The number of piperidine rings is 1. The van der Waals surface area contributed by atoms with E-state index in [-0.39, 0.29) is 5.91 Å². The predicted molar refractivity (Wildman–Crippen MR) is 83.0 cm³/mol. The van der Waals surface area contributed by atoms with E-state index in [1.807, 2.05) is 17.0 Å². The van der Waals surface area contributed by atoms with Crippen LogP contribution in [-0.2, 0) is 6.42 Å². The highest BCUT2D eigenvalue weighted by molar-refractivity contribution is 5.94. The van der Waals surface area contributed by atoms with Crippen LogP contribution < -0.4 is 5.32 Å². The second kappa shape index (κ2) is 7.44. The van der Waals surface area contributed by atoms with E-state index in [4.69, 9.17) is 0 Å². The summed E-state index contributed by atoms with van der Waals surface area (Å²) in [5, 5.41) is 3.55. The number of carbonyl (C=O) groups is 1. The summed E-state index contributed by atoms with van der Waals surface area (Å²) in [6.45, 7) is 7.14. The van der Waals surface area contributed by atoms with Gasteiger partial charge < -0.3 is 10.2 Å². The van der Waals surface area contributed by atoms with Crippen molar-refractivity contribution in [1.82, 2.24) is 10.2 Å². The van der Waals surface area contributed by atoms with E-state index in [1.54, 1.807) is 0 Å². The third kappa shape index (κ3) is 3.83. The largest absolute Gasteiger partial charge is 0.339 e. The van der Waals surface area contributed by atoms with Gasteiger partial charge >= 0.3 is 0 Å². The zero-order chi connectivity index (χ0) is 14.4. The van der Waals surface area contributed by atoms with E-state index in [0.717, 1.165) is 44.5 Å². The van der Waals surface area contributed by atoms with Crippen molar-refractivity contribution in [2.75, 3.05) is 19.6 Å². The van der Waals surface area contributed by atoms with Crippen LogP contribution in [0.2, 0.25) is 0 Å². The van der Waals surface area contributed by atoms with Crippen molar-refractivity contribution in [1.29, 1.82) is 0 Å². The van der Waals surface area contributed by atoms with Gasteiger partial charge in [-0.25, -0.2) is 0 Å². The van der Waals surface area contributed by atoms with Crippen molar-refractivity contribution in [3.05, 3.63) is 35.4 Å². The van der Waals surface area contributed by atoms with Gasteiger partial charge in [0.2, 0.25) is 0 Å². The molecule has 3 heteroatoms. The van der Waals surface area contributed by atoms with Gasteiger partial charge in [-0.3, -0.25) is 4.79 Å². The van der Waals surface area contributed by atoms with E-state index in [2.05, 4.69) is 31.3 Å². The van der Waals surface area contributed by atoms with Gasteiger partial charge in [0.1, 0.15) is 0 Å². The minimum absolute atomic E-state index is 0.182. The van der Waals surface area contributed by atoms with Crippen molar-refractivity contribution in [3.63, 3.8) is 0 Å². The van der Waals surface area contributed by atoms with Crippen molar-refractivity contribution in [2.45, 2.75) is 45.6 Å². The fourth-order valence-electron chi connectivity index (χ4n) is 2.70. The Kier molecular flexibility index (Phi) is 5.60. The first-order valence-corrected chi connectivity index (χ1v) is 7.86. The maximum Gasteiger partial charge on any atom is 0.253 e. The topological polar surface area (TPSA) is 32.3 Å². The molecule has 1 saturated heterocycles. The molecule has 0 aliphatic carbocycles. The highest BCUT2D eigenvalue weighted by Gasteiger charge is 2.22. The number of amides is 1. The molecule has 1 heterocycles. The molecule has 0 spiro atoms. The Morgan fingerprint density at radius 1 is 1.20 bits per heavy atom. The van der Waals surface area contributed by atoms with Crippen LogP contribution in [-0.4, -0.2) is 36.5 Å². The lowest BCUT2D eigenvalue weighted by molar-refractivity contribution is 0.0705. The monoisotopic (exact) mass is 274 g/mol. The Morgan fingerprint density at radius 3 is 2.40 bits per heavy atom. The molecule has 0 atom stereocenters. The molecule has 1 amide bonds. The fourth-order valence-corrected chi connectivity index (χ4v) is 2.70. The predicted octanol–water partition coefficient (Wildman–Crippen LogP) is 2.85. The van der Waals surface area contributed by atoms with Gasteiger partial charge in [-0.1, -0.05) is 26.0 Å². The fraction of sp³-hybridized carbons (Fsp3) is 0.588. The number of benzene rings is 1. The Bertz CT molecular complexity index is 419. The van der Waals surface area contributed by atoms with Crippen LogP contribution in [0, 0.1) is 0 Å². The molecule has 1 aliphatic rings. The molecule has 0 unspecified atom stereocenters. The zero-order valence-corrected chi connectivity index (χ0v) is 12.7. The summed E-state index contributed by atoms with van der Waals surface area (Å²) >= 11 is 0. The lowest BCUT2D eigenvalue weighted by Crippen LogP contribution is -2.45. The molecule has 1 aliphatic heterocycles. The van der Waals surface area contributed by atoms with Gasteiger partial charge in [0.05, 0.1) is 0 Å². The van der Waals surface area contributed by atoms with Crippen molar-refractivity contribution in [3.8, 4) is 0 Å². The van der Waals surface area contributed by atoms with Crippen LogP contribution in [0.5, 0.6) is 0 Å². The maximum absolute atomic E-state index is 12.4. The molecule has 0 saturated carbocycles. The standard InChI is InChI=1S/C17H26N2O/c1-3-11-18-16-9-12-19(13-10-16)17(20)15-7-5-14(4-2)6-8-15/h5-8,16,18H,3-4,9-13H2,1-2H3. The zero-order valence-electron chi connectivity index (χ0n) is 12.7. The number of rotatable bonds is 5. The molecule has 0 bridgehead atoms. The van der Waals surface area contributed by atoms with Crippen LogP contribution in [0.25, 0.3) is 0 Å². The summed E-state index contributed by atoms with van der Waals surface area (Å²) in [5.74, 6) is 0.182. The lowest BCUT2D eigenvalue weighted by Gasteiger charge is -2.32. The summed E-state index contributed by atoms with van der Waals surface area (Å²) in [7, 11) is 0. The van der Waals surface area contributed by atoms with Gasteiger partial charge in [0.25, 0.3) is 5.91 Å². The highest BCUT2D eigenvalue weighted by atomic mass is 16.2. The molecule has 0 aromatic heterocycles. The normalized spacial score (nSPS) is 16.4. The van der Waals surface area contributed by atoms with E-state index in [0.29, 0.717) is 6.04 Å². The molecule has 110 valence electrons. The molecule has 3 nitrogen and oxygen atoms in total. The number of likely N-dealkylation sites (tertiary alicyclic amines) is 1. The quantitative estimate of drug-likeness (QED) is 0.895. The van der Waals surface area contributed by atoms with E-state index >= 15 is 0 Å². The molecular formula is C17H26N2O. The van der Waals surface area contributed by atoms with Gasteiger partial charge in [0, 0.05) is 24.7 Å². The number of hydrogen-bond donors (Lipinski definition) is 1. The molecule has 1 N–H and O–H groups in total. The molecule has 2 rings (SSSR count). The summed E-state index contributed by atoms with van der Waals surface area (Å²) < 4.78 is 0. The maximum atomic E-state index is 12.4. The Balaban J connectivity index is 1.87. The summed E-state index contributed by atoms with van der Waals surface area (Å²) in [6.07, 6.45) is 4.32. The van der Waals surface area contributed by atoms with E-state index in [1.165, 1.54) is 12.0 Å². The van der Waals surface area contributed by atoms with Gasteiger partial charge in [-0.2, -0.15) is 0 Å². The SMILES string of the molecule is CCCNC1CCN(C(=O)c2ccc(CC)cc2)CC1. The van der Waals surface area contributed by atoms with E-state index < -0.39 is 0 Å². The Hall–Kier alpha value is -1.35.